The van der Waals surface area contributed by atoms with Crippen LogP contribution in [-0.2, 0) is 4.74 Å². The maximum atomic E-state index is 5.82. The number of aromatic amines is 1. The van der Waals surface area contributed by atoms with Crippen LogP contribution in [0.1, 0.15) is 12.7 Å². The fourth-order valence-electron chi connectivity index (χ4n) is 1.75. The van der Waals surface area contributed by atoms with Crippen LogP contribution in [0.3, 0.4) is 0 Å². The number of hydrogen-bond acceptors (Lipinski definition) is 4. The molecule has 1 atom stereocenters. The van der Waals surface area contributed by atoms with Gasteiger partial charge >= 0.3 is 0 Å². The Morgan fingerprint density at radius 1 is 1.64 bits per heavy atom. The molecule has 1 aromatic rings. The summed E-state index contributed by atoms with van der Waals surface area (Å²) >= 11 is 0. The minimum absolute atomic E-state index is 0.250. The van der Waals surface area contributed by atoms with Gasteiger partial charge in [0.15, 0.2) is 5.82 Å². The zero-order chi connectivity index (χ0) is 10.1. The van der Waals surface area contributed by atoms with Crippen LogP contribution in [0.15, 0.2) is 0 Å². The number of aromatic nitrogens is 2. The number of rotatable bonds is 1. The topological polar surface area (TPSA) is 67.2 Å². The van der Waals surface area contributed by atoms with E-state index in [2.05, 4.69) is 21.8 Å². The maximum absolute atomic E-state index is 5.82. The standard InChI is InChI=1S/C9H16N4O/c1-6-5-13(3-4-14-6)9-8(10)11-7(2)12-9/h6H,3-5,10H2,1-2H3,(H,11,12). The van der Waals surface area contributed by atoms with Crippen LogP contribution >= 0.6 is 0 Å². The van der Waals surface area contributed by atoms with Crippen molar-refractivity contribution in [1.29, 1.82) is 0 Å². The Labute approximate surface area is 83.3 Å². The van der Waals surface area contributed by atoms with E-state index in [4.69, 9.17) is 10.5 Å². The fourth-order valence-corrected chi connectivity index (χ4v) is 1.75. The Hall–Kier alpha value is -1.23. The van der Waals surface area contributed by atoms with Crippen LogP contribution in [0.5, 0.6) is 0 Å². The molecular weight excluding hydrogens is 180 g/mol. The van der Waals surface area contributed by atoms with Crippen LogP contribution in [-0.4, -0.2) is 35.8 Å². The first kappa shape index (κ1) is 9.33. The highest BCUT2D eigenvalue weighted by Gasteiger charge is 2.20. The van der Waals surface area contributed by atoms with Gasteiger partial charge in [-0.25, -0.2) is 4.98 Å². The molecule has 1 unspecified atom stereocenters. The normalized spacial score (nSPS) is 22.7. The van der Waals surface area contributed by atoms with Crippen LogP contribution in [0.25, 0.3) is 0 Å². The Bertz CT molecular complexity index is 323. The predicted octanol–water partition coefficient (Wildman–Crippen LogP) is 0.525. The lowest BCUT2D eigenvalue weighted by molar-refractivity contribution is 0.0530. The van der Waals surface area contributed by atoms with E-state index in [-0.39, 0.29) is 6.10 Å². The van der Waals surface area contributed by atoms with Crippen molar-refractivity contribution in [2.45, 2.75) is 20.0 Å². The van der Waals surface area contributed by atoms with Gasteiger partial charge in [-0.15, -0.1) is 0 Å². The van der Waals surface area contributed by atoms with E-state index in [0.717, 1.165) is 31.3 Å². The van der Waals surface area contributed by atoms with Gasteiger partial charge in [0.05, 0.1) is 12.7 Å². The zero-order valence-corrected chi connectivity index (χ0v) is 8.58. The van der Waals surface area contributed by atoms with Gasteiger partial charge in [-0.05, 0) is 13.8 Å². The number of imidazole rings is 1. The van der Waals surface area contributed by atoms with Crippen LogP contribution in [0, 0.1) is 6.92 Å². The molecular formula is C9H16N4O. The van der Waals surface area contributed by atoms with E-state index in [1.165, 1.54) is 0 Å². The lowest BCUT2D eigenvalue weighted by Gasteiger charge is -2.31. The van der Waals surface area contributed by atoms with Gasteiger partial charge in [-0.2, -0.15) is 0 Å². The highest BCUT2D eigenvalue weighted by atomic mass is 16.5. The first-order valence-electron chi connectivity index (χ1n) is 4.85. The summed E-state index contributed by atoms with van der Waals surface area (Å²) in [6.45, 7) is 6.42. The summed E-state index contributed by atoms with van der Waals surface area (Å²) in [6, 6.07) is 0. The molecule has 2 rings (SSSR count). The number of nitrogens with one attached hydrogen (secondary N) is 1. The largest absolute Gasteiger partial charge is 0.382 e. The molecule has 0 aliphatic carbocycles. The summed E-state index contributed by atoms with van der Waals surface area (Å²) in [7, 11) is 0. The van der Waals surface area contributed by atoms with E-state index in [1.54, 1.807) is 0 Å². The van der Waals surface area contributed by atoms with Crippen molar-refractivity contribution in [3.8, 4) is 0 Å². The average molecular weight is 196 g/mol. The van der Waals surface area contributed by atoms with Crippen molar-refractivity contribution in [2.24, 2.45) is 0 Å². The average Bonchev–Trinajstić information content (AvgIpc) is 2.45. The third-order valence-electron chi connectivity index (χ3n) is 2.37. The van der Waals surface area contributed by atoms with Crippen LogP contribution in [0.4, 0.5) is 11.6 Å². The lowest BCUT2D eigenvalue weighted by atomic mass is 10.3. The molecule has 0 saturated carbocycles. The van der Waals surface area contributed by atoms with E-state index in [1.807, 2.05) is 6.92 Å². The number of nitrogens with zero attached hydrogens (tertiary/aromatic N) is 2. The molecule has 0 aromatic carbocycles. The van der Waals surface area contributed by atoms with Crippen molar-refractivity contribution in [3.63, 3.8) is 0 Å². The van der Waals surface area contributed by atoms with Gasteiger partial charge in [0, 0.05) is 13.1 Å². The molecule has 78 valence electrons. The Morgan fingerprint density at radius 2 is 2.43 bits per heavy atom. The molecule has 14 heavy (non-hydrogen) atoms. The van der Waals surface area contributed by atoms with Crippen LogP contribution < -0.4 is 10.6 Å². The SMILES string of the molecule is Cc1nc(N2CCOC(C)C2)c(N)[nH]1. The lowest BCUT2D eigenvalue weighted by Crippen LogP contribution is -2.41. The highest BCUT2D eigenvalue weighted by Crippen LogP contribution is 2.21. The van der Waals surface area contributed by atoms with Crippen molar-refractivity contribution < 1.29 is 4.74 Å². The zero-order valence-electron chi connectivity index (χ0n) is 8.58. The summed E-state index contributed by atoms with van der Waals surface area (Å²) < 4.78 is 5.46. The van der Waals surface area contributed by atoms with Crippen molar-refractivity contribution in [1.82, 2.24) is 9.97 Å². The van der Waals surface area contributed by atoms with E-state index < -0.39 is 0 Å². The van der Waals surface area contributed by atoms with Gasteiger partial charge in [-0.3, -0.25) is 0 Å². The van der Waals surface area contributed by atoms with Crippen molar-refractivity contribution >= 4 is 11.6 Å². The summed E-state index contributed by atoms with van der Waals surface area (Å²) in [5, 5.41) is 0. The van der Waals surface area contributed by atoms with E-state index >= 15 is 0 Å². The number of morpholine rings is 1. The predicted molar refractivity (Wildman–Crippen MR) is 55.4 cm³/mol. The Kier molecular flexibility index (Phi) is 2.33. The minimum Gasteiger partial charge on any atom is -0.382 e. The maximum Gasteiger partial charge on any atom is 0.171 e. The first-order chi connectivity index (χ1) is 6.66. The summed E-state index contributed by atoms with van der Waals surface area (Å²) in [5.74, 6) is 2.37. The third kappa shape index (κ3) is 1.68. The Morgan fingerprint density at radius 3 is 3.00 bits per heavy atom. The highest BCUT2D eigenvalue weighted by molar-refractivity contribution is 5.59. The number of H-pyrrole nitrogens is 1. The molecule has 0 radical (unpaired) electrons. The number of anilines is 2. The van der Waals surface area contributed by atoms with Crippen LogP contribution in [0.2, 0.25) is 0 Å². The molecule has 2 heterocycles. The molecule has 5 nitrogen and oxygen atoms in total. The number of ether oxygens (including phenoxy) is 1. The number of hydrogen-bond donors (Lipinski definition) is 2. The third-order valence-corrected chi connectivity index (χ3v) is 2.37. The molecule has 1 fully saturated rings. The first-order valence-corrected chi connectivity index (χ1v) is 4.85. The molecule has 5 heteroatoms. The number of nitrogens with two attached hydrogens (primary N) is 1. The van der Waals surface area contributed by atoms with Gasteiger partial charge in [0.1, 0.15) is 11.6 Å². The van der Waals surface area contributed by atoms with Crippen molar-refractivity contribution in [2.75, 3.05) is 30.3 Å². The monoisotopic (exact) mass is 196 g/mol. The molecule has 0 amide bonds. The molecule has 1 saturated heterocycles. The second kappa shape index (κ2) is 3.49. The molecule has 0 spiro atoms. The molecule has 1 aliphatic heterocycles. The van der Waals surface area contributed by atoms with E-state index in [9.17, 15) is 0 Å². The summed E-state index contributed by atoms with van der Waals surface area (Å²) in [6.07, 6.45) is 0.250. The Balaban J connectivity index is 2.17. The fraction of sp³-hybridized carbons (Fsp3) is 0.667. The van der Waals surface area contributed by atoms with Gasteiger partial charge < -0.3 is 20.4 Å². The van der Waals surface area contributed by atoms with Gasteiger partial charge in [0.2, 0.25) is 0 Å². The van der Waals surface area contributed by atoms with Gasteiger partial charge in [0.25, 0.3) is 0 Å². The quantitative estimate of drug-likeness (QED) is 0.687. The molecule has 0 bridgehead atoms. The minimum atomic E-state index is 0.250. The van der Waals surface area contributed by atoms with Gasteiger partial charge in [-0.1, -0.05) is 0 Å². The second-order valence-corrected chi connectivity index (χ2v) is 3.69. The summed E-state index contributed by atoms with van der Waals surface area (Å²) in [5.41, 5.74) is 5.82. The molecule has 1 aromatic heterocycles. The molecule has 1 aliphatic rings. The van der Waals surface area contributed by atoms with E-state index in [0.29, 0.717) is 5.82 Å². The number of nitrogen functional groups attached to an aromatic ring is 1. The number of aryl methyl sites for hydroxylation is 1. The smallest absolute Gasteiger partial charge is 0.171 e. The molecule has 3 N–H and O–H groups in total. The second-order valence-electron chi connectivity index (χ2n) is 3.69. The summed E-state index contributed by atoms with van der Waals surface area (Å²) in [4.78, 5) is 9.52. The van der Waals surface area contributed by atoms with Crippen molar-refractivity contribution in [3.05, 3.63) is 5.82 Å².